The fourth-order valence-corrected chi connectivity index (χ4v) is 4.51. The van der Waals surface area contributed by atoms with Gasteiger partial charge >= 0.3 is 0 Å². The molecule has 1 aliphatic carbocycles. The number of phenols is 1. The van der Waals surface area contributed by atoms with Gasteiger partial charge in [0.05, 0.1) is 0 Å². The van der Waals surface area contributed by atoms with E-state index in [1.807, 2.05) is 30.6 Å². The molecule has 2 aromatic rings. The first kappa shape index (κ1) is 18.8. The van der Waals surface area contributed by atoms with Crippen LogP contribution < -0.4 is 10.2 Å². The molecule has 4 rings (SSSR count). The fourth-order valence-electron chi connectivity index (χ4n) is 4.51. The summed E-state index contributed by atoms with van der Waals surface area (Å²) in [4.78, 5) is 19.4. The van der Waals surface area contributed by atoms with Crippen molar-refractivity contribution in [3.05, 3.63) is 53.3 Å². The molecule has 1 fully saturated rings. The van der Waals surface area contributed by atoms with Crippen molar-refractivity contribution in [3.63, 3.8) is 0 Å². The van der Waals surface area contributed by atoms with Crippen LogP contribution in [-0.2, 0) is 24.2 Å². The van der Waals surface area contributed by atoms with Crippen LogP contribution in [0.4, 0.5) is 5.69 Å². The van der Waals surface area contributed by atoms with E-state index >= 15 is 0 Å². The van der Waals surface area contributed by atoms with Crippen molar-refractivity contribution in [2.45, 2.75) is 52.0 Å². The van der Waals surface area contributed by atoms with Gasteiger partial charge in [-0.2, -0.15) is 0 Å². The van der Waals surface area contributed by atoms with E-state index in [1.54, 1.807) is 6.07 Å². The molecule has 0 bridgehead atoms. The van der Waals surface area contributed by atoms with Crippen LogP contribution >= 0.6 is 0 Å². The first-order valence-electron chi connectivity index (χ1n) is 10.3. The Morgan fingerprint density at radius 2 is 1.86 bits per heavy atom. The summed E-state index contributed by atoms with van der Waals surface area (Å²) in [5.74, 6) is 0.397. The highest BCUT2D eigenvalue weighted by Crippen LogP contribution is 2.34. The Balaban J connectivity index is 1.40. The van der Waals surface area contributed by atoms with E-state index in [0.29, 0.717) is 12.3 Å². The number of amides is 1. The third-order valence-electron chi connectivity index (χ3n) is 6.50. The maximum absolute atomic E-state index is 13.0. The van der Waals surface area contributed by atoms with Gasteiger partial charge in [0.25, 0.3) is 0 Å². The molecule has 0 atom stereocenters. The monoisotopic (exact) mass is 379 g/mol. The number of hydrogen-bond donors (Lipinski definition) is 2. The molecule has 148 valence electrons. The summed E-state index contributed by atoms with van der Waals surface area (Å²) < 4.78 is 0. The Kier molecular flexibility index (Phi) is 5.25. The molecule has 1 aliphatic heterocycles. The van der Waals surface area contributed by atoms with Gasteiger partial charge in [-0.25, -0.2) is 0 Å². The molecule has 2 N–H and O–H groups in total. The summed E-state index contributed by atoms with van der Waals surface area (Å²) in [6, 6.07) is 7.85. The summed E-state index contributed by atoms with van der Waals surface area (Å²) in [7, 11) is 0. The van der Waals surface area contributed by atoms with Crippen molar-refractivity contribution in [1.82, 2.24) is 10.3 Å². The maximum atomic E-state index is 13.0. The number of benzene rings is 1. The Morgan fingerprint density at radius 3 is 2.61 bits per heavy atom. The molecule has 5 heteroatoms. The number of piperidine rings is 1. The van der Waals surface area contributed by atoms with Gasteiger partial charge < -0.3 is 15.3 Å². The lowest BCUT2D eigenvalue weighted by Crippen LogP contribution is -2.47. The third-order valence-corrected chi connectivity index (χ3v) is 6.50. The second-order valence-corrected chi connectivity index (χ2v) is 8.34. The lowest BCUT2D eigenvalue weighted by atomic mass is 9.79. The molecular weight excluding hydrogens is 350 g/mol. The molecule has 0 spiro atoms. The highest BCUT2D eigenvalue weighted by atomic mass is 16.3. The molecule has 1 aromatic heterocycles. The number of phenolic OH excluding ortho intramolecular Hbond substituents is 1. The van der Waals surface area contributed by atoms with E-state index < -0.39 is 0 Å². The first-order valence-corrected chi connectivity index (χ1v) is 10.3. The second kappa shape index (κ2) is 7.82. The SMILES string of the molecule is CC1(C(=O)NCc2c(O)ccc3c2CCCC3)CCN(c2ccncc2)CC1. The van der Waals surface area contributed by atoms with Crippen molar-refractivity contribution >= 4 is 11.6 Å². The summed E-state index contributed by atoms with van der Waals surface area (Å²) in [6.07, 6.45) is 9.67. The van der Waals surface area contributed by atoms with Crippen LogP contribution in [0, 0.1) is 5.41 Å². The van der Waals surface area contributed by atoms with Gasteiger partial charge in [-0.05, 0) is 67.9 Å². The zero-order chi connectivity index (χ0) is 19.6. The molecule has 5 nitrogen and oxygen atoms in total. The number of nitrogens with one attached hydrogen (secondary N) is 1. The zero-order valence-electron chi connectivity index (χ0n) is 16.6. The Hall–Kier alpha value is -2.56. The molecule has 0 radical (unpaired) electrons. The molecule has 2 heterocycles. The number of aryl methyl sites for hydroxylation is 1. The van der Waals surface area contributed by atoms with E-state index in [-0.39, 0.29) is 11.3 Å². The maximum Gasteiger partial charge on any atom is 0.226 e. The number of aromatic hydroxyl groups is 1. The number of carbonyl (C=O) groups excluding carboxylic acids is 1. The van der Waals surface area contributed by atoms with Gasteiger partial charge in [-0.3, -0.25) is 9.78 Å². The normalized spacial score (nSPS) is 18.4. The number of carbonyl (C=O) groups is 1. The molecule has 2 aliphatic rings. The lowest BCUT2D eigenvalue weighted by molar-refractivity contribution is -0.131. The Bertz CT molecular complexity index is 842. The lowest BCUT2D eigenvalue weighted by Gasteiger charge is -2.39. The van der Waals surface area contributed by atoms with E-state index in [1.165, 1.54) is 23.2 Å². The van der Waals surface area contributed by atoms with Crippen molar-refractivity contribution < 1.29 is 9.90 Å². The van der Waals surface area contributed by atoms with E-state index in [4.69, 9.17) is 0 Å². The minimum Gasteiger partial charge on any atom is -0.508 e. The number of anilines is 1. The van der Waals surface area contributed by atoms with E-state index in [9.17, 15) is 9.90 Å². The van der Waals surface area contributed by atoms with Gasteiger partial charge in [0.1, 0.15) is 5.75 Å². The summed E-state index contributed by atoms with van der Waals surface area (Å²) in [6.45, 7) is 4.20. The molecular formula is C23H29N3O2. The average Bonchev–Trinajstić information content (AvgIpc) is 2.74. The van der Waals surface area contributed by atoms with Crippen LogP contribution in [0.2, 0.25) is 0 Å². The minimum absolute atomic E-state index is 0.0923. The number of fused-ring (bicyclic) bond motifs is 1. The highest BCUT2D eigenvalue weighted by Gasteiger charge is 2.37. The molecule has 1 saturated heterocycles. The van der Waals surface area contributed by atoms with Gasteiger partial charge in [-0.1, -0.05) is 13.0 Å². The van der Waals surface area contributed by atoms with Crippen LogP contribution in [0.1, 0.15) is 49.3 Å². The second-order valence-electron chi connectivity index (χ2n) is 8.34. The predicted molar refractivity (Wildman–Crippen MR) is 110 cm³/mol. The molecule has 28 heavy (non-hydrogen) atoms. The molecule has 0 unspecified atom stereocenters. The van der Waals surface area contributed by atoms with Gasteiger partial charge in [-0.15, -0.1) is 0 Å². The third kappa shape index (κ3) is 3.71. The van der Waals surface area contributed by atoms with Crippen LogP contribution in [0.25, 0.3) is 0 Å². The highest BCUT2D eigenvalue weighted by molar-refractivity contribution is 5.82. The first-order chi connectivity index (χ1) is 13.6. The van der Waals surface area contributed by atoms with Gasteiger partial charge in [0, 0.05) is 48.7 Å². The van der Waals surface area contributed by atoms with Crippen LogP contribution in [0.15, 0.2) is 36.7 Å². The van der Waals surface area contributed by atoms with Crippen LogP contribution in [0.3, 0.4) is 0 Å². The quantitative estimate of drug-likeness (QED) is 0.852. The fraction of sp³-hybridized carbons (Fsp3) is 0.478. The van der Waals surface area contributed by atoms with E-state index in [0.717, 1.165) is 50.8 Å². The van der Waals surface area contributed by atoms with Crippen molar-refractivity contribution in [2.75, 3.05) is 18.0 Å². The minimum atomic E-state index is -0.367. The number of rotatable bonds is 4. The van der Waals surface area contributed by atoms with Crippen molar-refractivity contribution in [1.29, 1.82) is 0 Å². The summed E-state index contributed by atoms with van der Waals surface area (Å²) >= 11 is 0. The Labute approximate surface area is 166 Å². The summed E-state index contributed by atoms with van der Waals surface area (Å²) in [5, 5.41) is 13.5. The topological polar surface area (TPSA) is 65.5 Å². The Morgan fingerprint density at radius 1 is 1.14 bits per heavy atom. The van der Waals surface area contributed by atoms with Gasteiger partial charge in [0.2, 0.25) is 5.91 Å². The van der Waals surface area contributed by atoms with E-state index in [2.05, 4.69) is 22.1 Å². The largest absolute Gasteiger partial charge is 0.508 e. The number of aromatic nitrogens is 1. The standard InChI is InChI=1S/C23H29N3O2/c1-23(10-14-26(15-11-23)18-8-12-24-13-9-18)22(28)25-16-20-19-5-3-2-4-17(19)6-7-21(20)27/h6-9,12-13,27H,2-5,10-11,14-16H2,1H3,(H,25,28). The molecule has 0 saturated carbocycles. The molecule has 1 amide bonds. The number of pyridine rings is 1. The number of nitrogens with zero attached hydrogens (tertiary/aromatic N) is 2. The smallest absolute Gasteiger partial charge is 0.226 e. The van der Waals surface area contributed by atoms with Crippen LogP contribution in [-0.4, -0.2) is 29.1 Å². The predicted octanol–water partition coefficient (Wildman–Crippen LogP) is 3.59. The molecule has 1 aromatic carbocycles. The zero-order valence-corrected chi connectivity index (χ0v) is 16.6. The average molecular weight is 380 g/mol. The van der Waals surface area contributed by atoms with Crippen LogP contribution in [0.5, 0.6) is 5.75 Å². The summed E-state index contributed by atoms with van der Waals surface area (Å²) in [5.41, 5.74) is 4.27. The van der Waals surface area contributed by atoms with Crippen molar-refractivity contribution in [2.24, 2.45) is 5.41 Å². The number of hydrogen-bond acceptors (Lipinski definition) is 4. The van der Waals surface area contributed by atoms with Gasteiger partial charge in [0.15, 0.2) is 0 Å². The van der Waals surface area contributed by atoms with Crippen molar-refractivity contribution in [3.8, 4) is 5.75 Å².